The van der Waals surface area contributed by atoms with Crippen LogP contribution in [-0.2, 0) is 41.3 Å². The Kier molecular flexibility index (Phi) is 15.2. The van der Waals surface area contributed by atoms with Crippen molar-refractivity contribution >= 4 is 81.3 Å². The van der Waals surface area contributed by atoms with Crippen LogP contribution in [0.25, 0.3) is 0 Å². The van der Waals surface area contributed by atoms with Crippen LogP contribution in [0.1, 0.15) is 60.4 Å². The van der Waals surface area contributed by atoms with Gasteiger partial charge in [-0.3, -0.25) is 19.8 Å². The van der Waals surface area contributed by atoms with Crippen molar-refractivity contribution in [1.82, 2.24) is 35.4 Å². The van der Waals surface area contributed by atoms with Crippen LogP contribution in [0.3, 0.4) is 0 Å². The van der Waals surface area contributed by atoms with Gasteiger partial charge in [0.05, 0.1) is 12.1 Å². The molecule has 1 saturated heterocycles. The summed E-state index contributed by atoms with van der Waals surface area (Å²) in [5.41, 5.74) is 1.31. The van der Waals surface area contributed by atoms with E-state index in [4.69, 9.17) is 14.3 Å². The second kappa shape index (κ2) is 22.0. The quantitative estimate of drug-likeness (QED) is 0.0167. The SMILES string of the molecule is Cn1nnc(SCSC2=C(C(=O)OC(c3ccccc3)c3ccccc3)N3C(=O)[C@@H](NC(=O)C(=NOC(c4ccccc4)(c4ccccc4)c4ccccc4)c4csc(NC(=O)OC(C)(C)C)n4)[C@@H]3SC2)n1. The highest BCUT2D eigenvalue weighted by molar-refractivity contribution is 8.18. The van der Waals surface area contributed by atoms with Gasteiger partial charge in [-0.1, -0.05) is 169 Å². The third-order valence-electron chi connectivity index (χ3n) is 11.1. The number of thioether (sulfide) groups is 3. The number of benzene rings is 5. The number of tetrazole rings is 1. The number of oxime groups is 1. The molecule has 0 spiro atoms. The molecule has 2 atom stereocenters. The summed E-state index contributed by atoms with van der Waals surface area (Å²) in [6.45, 7) is 5.22. The third kappa shape index (κ3) is 11.1. The van der Waals surface area contributed by atoms with Gasteiger partial charge in [-0.15, -0.1) is 45.1 Å². The van der Waals surface area contributed by atoms with E-state index in [0.717, 1.165) is 22.5 Å². The Labute approximate surface area is 432 Å². The van der Waals surface area contributed by atoms with E-state index in [0.29, 0.717) is 37.6 Å². The number of carbonyl (C=O) groups excluding carboxylic acids is 4. The molecule has 0 saturated carbocycles. The molecule has 2 N–H and O–H groups in total. The van der Waals surface area contributed by atoms with E-state index in [9.17, 15) is 19.2 Å². The van der Waals surface area contributed by atoms with Gasteiger partial charge in [-0.05, 0) is 37.1 Å². The first-order chi connectivity index (χ1) is 34.9. The van der Waals surface area contributed by atoms with E-state index in [1.54, 1.807) is 33.2 Å². The lowest BCUT2D eigenvalue weighted by atomic mass is 9.80. The van der Waals surface area contributed by atoms with E-state index in [1.807, 2.05) is 152 Å². The maximum atomic E-state index is 15.0. The lowest BCUT2D eigenvalue weighted by Crippen LogP contribution is -2.71. The summed E-state index contributed by atoms with van der Waals surface area (Å²) in [7, 11) is 1.67. The Hall–Kier alpha value is -7.26. The molecule has 16 nitrogen and oxygen atoms in total. The Morgan fingerprint density at radius 1 is 0.806 bits per heavy atom. The molecule has 2 aliphatic rings. The zero-order valence-corrected chi connectivity index (χ0v) is 42.5. The van der Waals surface area contributed by atoms with Crippen molar-refractivity contribution in [1.29, 1.82) is 0 Å². The van der Waals surface area contributed by atoms with Gasteiger partial charge in [-0.25, -0.2) is 14.6 Å². The van der Waals surface area contributed by atoms with Crippen LogP contribution in [0.4, 0.5) is 9.93 Å². The molecule has 0 unspecified atom stereocenters. The minimum Gasteiger partial charge on any atom is -0.448 e. The summed E-state index contributed by atoms with van der Waals surface area (Å²) in [5, 5.41) is 24.3. The fourth-order valence-corrected chi connectivity index (χ4v) is 12.2. The van der Waals surface area contributed by atoms with Crippen LogP contribution in [0.5, 0.6) is 0 Å². The molecule has 3 amide bonds. The maximum Gasteiger partial charge on any atom is 0.413 e. The summed E-state index contributed by atoms with van der Waals surface area (Å²) < 4.78 is 11.8. The van der Waals surface area contributed by atoms with Crippen molar-refractivity contribution in [3.05, 3.63) is 201 Å². The molecule has 2 aromatic heterocycles. The molecule has 5 aromatic carbocycles. The van der Waals surface area contributed by atoms with Gasteiger partial charge in [0, 0.05) is 32.7 Å². The third-order valence-corrected chi connectivity index (χ3v) is 15.4. The fourth-order valence-electron chi connectivity index (χ4n) is 7.95. The maximum absolute atomic E-state index is 15.0. The molecule has 0 bridgehead atoms. The fraction of sp³-hybridized carbons (Fsp3) is 0.212. The number of esters is 1. The largest absolute Gasteiger partial charge is 0.448 e. The number of amides is 3. The molecule has 72 heavy (non-hydrogen) atoms. The highest BCUT2D eigenvalue weighted by Crippen LogP contribution is 2.46. The molecule has 366 valence electrons. The molecule has 9 rings (SSSR count). The number of fused-ring (bicyclic) bond motifs is 1. The van der Waals surface area contributed by atoms with Crippen LogP contribution in [0.15, 0.2) is 178 Å². The van der Waals surface area contributed by atoms with Crippen molar-refractivity contribution in [2.45, 2.75) is 54.6 Å². The summed E-state index contributed by atoms with van der Waals surface area (Å²) in [6.07, 6.45) is -1.53. The van der Waals surface area contributed by atoms with Crippen LogP contribution in [-0.4, -0.2) is 87.5 Å². The molecule has 1 fully saturated rings. The van der Waals surface area contributed by atoms with Gasteiger partial charge in [0.2, 0.25) is 10.8 Å². The number of rotatable bonds is 17. The standard InChI is InChI=1S/C52H47N9O7S4/c1-51(2,3)67-50(65)55-48-53-38(30-70-48)40(58-68-52(35-24-14-7-15-25-35,36-26-16-8-17-27-36)37-28-18-9-19-29-37)44(62)54-41-45(63)61-42(39(31-69-46(41)61)71-32-72-49-56-59-60(4)57-49)47(64)66-43(33-20-10-5-11-21-33)34-22-12-6-13-23-34/h5-30,41,43,46H,31-32H2,1-4H3,(H,54,62)(H,53,55,65)/t41-,46+/m1/s1. The predicted molar refractivity (Wildman–Crippen MR) is 279 cm³/mol. The minimum atomic E-state index is -1.39. The Morgan fingerprint density at radius 2 is 1.36 bits per heavy atom. The van der Waals surface area contributed by atoms with Crippen molar-refractivity contribution in [2.75, 3.05) is 16.2 Å². The highest BCUT2D eigenvalue weighted by Gasteiger charge is 2.55. The van der Waals surface area contributed by atoms with Crippen molar-refractivity contribution in [2.24, 2.45) is 12.2 Å². The lowest BCUT2D eigenvalue weighted by molar-refractivity contribution is -0.154. The zero-order valence-electron chi connectivity index (χ0n) is 39.3. The van der Waals surface area contributed by atoms with Crippen molar-refractivity contribution in [3.63, 3.8) is 0 Å². The Balaban J connectivity index is 1.05. The van der Waals surface area contributed by atoms with Gasteiger partial charge >= 0.3 is 12.1 Å². The number of β-lactam (4-membered cyclic amide) rings is 1. The molecule has 0 radical (unpaired) electrons. The topological polar surface area (TPSA) is 192 Å². The number of thiazole rings is 1. The van der Waals surface area contributed by atoms with Crippen molar-refractivity contribution < 1.29 is 33.5 Å². The smallest absolute Gasteiger partial charge is 0.413 e. The van der Waals surface area contributed by atoms with Gasteiger partial charge in [-0.2, -0.15) is 4.80 Å². The van der Waals surface area contributed by atoms with Crippen LogP contribution >= 0.6 is 46.6 Å². The number of nitrogens with zero attached hydrogens (tertiary/aromatic N) is 7. The molecule has 2 aliphatic heterocycles. The second-order valence-electron chi connectivity index (χ2n) is 17.2. The van der Waals surface area contributed by atoms with Crippen LogP contribution in [0, 0.1) is 0 Å². The lowest BCUT2D eigenvalue weighted by Gasteiger charge is -2.49. The summed E-state index contributed by atoms with van der Waals surface area (Å²) in [5.74, 6) is -1.72. The first-order valence-electron chi connectivity index (χ1n) is 22.6. The number of ether oxygens (including phenoxy) is 2. The van der Waals surface area contributed by atoms with Gasteiger partial charge in [0.25, 0.3) is 11.8 Å². The number of anilines is 1. The number of carbonyl (C=O) groups is 4. The van der Waals surface area contributed by atoms with E-state index < -0.39 is 52.6 Å². The number of hydrogen-bond donors (Lipinski definition) is 2. The first-order valence-corrected chi connectivity index (χ1v) is 26.5. The van der Waals surface area contributed by atoms with Gasteiger partial charge in [0.1, 0.15) is 28.4 Å². The van der Waals surface area contributed by atoms with Crippen molar-refractivity contribution in [3.8, 4) is 0 Å². The molecule has 0 aliphatic carbocycles. The minimum absolute atomic E-state index is 0.0531. The van der Waals surface area contributed by atoms with Crippen LogP contribution < -0.4 is 10.6 Å². The summed E-state index contributed by atoms with van der Waals surface area (Å²) in [6, 6.07) is 46.2. The monoisotopic (exact) mass is 1040 g/mol. The summed E-state index contributed by atoms with van der Waals surface area (Å²) in [4.78, 5) is 71.9. The Bertz CT molecular complexity index is 2960. The Morgan fingerprint density at radius 3 is 1.89 bits per heavy atom. The van der Waals surface area contributed by atoms with Gasteiger partial charge < -0.3 is 19.6 Å². The first kappa shape index (κ1) is 49.7. The molecule has 20 heteroatoms. The number of aromatic nitrogens is 5. The average Bonchev–Trinajstić information content (AvgIpc) is 4.04. The molecule has 7 aromatic rings. The van der Waals surface area contributed by atoms with E-state index >= 15 is 0 Å². The highest BCUT2D eigenvalue weighted by atomic mass is 32.2. The zero-order chi connectivity index (χ0) is 50.2. The molecular formula is C52H47N9O7S4. The van der Waals surface area contributed by atoms with Crippen LogP contribution in [0.2, 0.25) is 0 Å². The predicted octanol–water partition coefficient (Wildman–Crippen LogP) is 9.15. The number of nitrogens with one attached hydrogen (secondary N) is 2. The number of hydrogen-bond acceptors (Lipinski definition) is 16. The molecular weight excluding hydrogens is 991 g/mol. The normalized spacial score (nSPS) is 15.9. The summed E-state index contributed by atoms with van der Waals surface area (Å²) >= 11 is 5.15. The van der Waals surface area contributed by atoms with Gasteiger partial charge in [0.15, 0.2) is 16.9 Å². The second-order valence-corrected chi connectivity index (χ2v) is 21.5. The average molecular weight is 1040 g/mol. The molecule has 4 heterocycles. The van der Waals surface area contributed by atoms with E-state index in [2.05, 4.69) is 36.2 Å². The van der Waals surface area contributed by atoms with E-state index in [1.165, 1.54) is 45.0 Å². The number of aryl methyl sites for hydroxylation is 1. The van der Waals surface area contributed by atoms with E-state index in [-0.39, 0.29) is 22.2 Å².